The normalized spacial score (nSPS) is 10.4. The molecule has 1 N–H and O–H groups in total. The molecule has 0 unspecified atom stereocenters. The number of carbonyl (C=O) groups excluding carboxylic acids is 1. The van der Waals surface area contributed by atoms with Crippen molar-refractivity contribution < 1.29 is 14.3 Å². The van der Waals surface area contributed by atoms with Crippen molar-refractivity contribution in [2.75, 3.05) is 18.5 Å². The molecule has 28 heavy (non-hydrogen) atoms. The minimum absolute atomic E-state index is 0.144. The lowest BCUT2D eigenvalue weighted by molar-refractivity contribution is 0.102. The SMILES string of the molecule is CCc1cccc(C)c1NC(=O)c1cccc(OCCOc2ccccc2)c1. The Morgan fingerprint density at radius 2 is 1.54 bits per heavy atom. The van der Waals surface area contributed by atoms with Crippen LogP contribution < -0.4 is 14.8 Å². The first-order valence-electron chi connectivity index (χ1n) is 9.48. The zero-order valence-corrected chi connectivity index (χ0v) is 16.3. The van der Waals surface area contributed by atoms with E-state index in [1.807, 2.05) is 67.6 Å². The van der Waals surface area contributed by atoms with Gasteiger partial charge in [-0.2, -0.15) is 0 Å². The van der Waals surface area contributed by atoms with Crippen LogP contribution in [0.4, 0.5) is 5.69 Å². The van der Waals surface area contributed by atoms with Gasteiger partial charge >= 0.3 is 0 Å². The fraction of sp³-hybridized carbons (Fsp3) is 0.208. The van der Waals surface area contributed by atoms with Crippen LogP contribution in [0.25, 0.3) is 0 Å². The molecule has 3 aromatic carbocycles. The predicted molar refractivity (Wildman–Crippen MR) is 112 cm³/mol. The summed E-state index contributed by atoms with van der Waals surface area (Å²) < 4.78 is 11.4. The molecule has 144 valence electrons. The molecule has 4 heteroatoms. The van der Waals surface area contributed by atoms with Gasteiger partial charge in [-0.05, 0) is 54.8 Å². The number of nitrogens with one attached hydrogen (secondary N) is 1. The van der Waals surface area contributed by atoms with E-state index in [-0.39, 0.29) is 5.91 Å². The summed E-state index contributed by atoms with van der Waals surface area (Å²) in [5.41, 5.74) is 3.63. The van der Waals surface area contributed by atoms with Gasteiger partial charge in [0.05, 0.1) is 0 Å². The van der Waals surface area contributed by atoms with Gasteiger partial charge in [0.1, 0.15) is 24.7 Å². The molecule has 0 heterocycles. The number of rotatable bonds is 8. The van der Waals surface area contributed by atoms with Crippen LogP contribution in [0.5, 0.6) is 11.5 Å². The van der Waals surface area contributed by atoms with Gasteiger partial charge in [-0.15, -0.1) is 0 Å². The third kappa shape index (κ3) is 5.13. The zero-order valence-electron chi connectivity index (χ0n) is 16.3. The number of ether oxygens (including phenoxy) is 2. The minimum atomic E-state index is -0.144. The van der Waals surface area contributed by atoms with Crippen LogP contribution in [-0.2, 0) is 6.42 Å². The lowest BCUT2D eigenvalue weighted by Gasteiger charge is -2.13. The topological polar surface area (TPSA) is 47.6 Å². The van der Waals surface area contributed by atoms with Crippen LogP contribution in [-0.4, -0.2) is 19.1 Å². The van der Waals surface area contributed by atoms with Crippen molar-refractivity contribution in [3.05, 3.63) is 89.5 Å². The number of para-hydroxylation sites is 2. The van der Waals surface area contributed by atoms with E-state index in [2.05, 4.69) is 12.2 Å². The monoisotopic (exact) mass is 375 g/mol. The number of amides is 1. The first-order valence-corrected chi connectivity index (χ1v) is 9.48. The van der Waals surface area contributed by atoms with E-state index < -0.39 is 0 Å². The summed E-state index contributed by atoms with van der Waals surface area (Å²) in [7, 11) is 0. The van der Waals surface area contributed by atoms with Gasteiger partial charge in [0.15, 0.2) is 0 Å². The van der Waals surface area contributed by atoms with Crippen LogP contribution in [0.3, 0.4) is 0 Å². The van der Waals surface area contributed by atoms with Crippen molar-refractivity contribution in [3.63, 3.8) is 0 Å². The Hall–Kier alpha value is -3.27. The molecule has 0 atom stereocenters. The fourth-order valence-corrected chi connectivity index (χ4v) is 2.95. The van der Waals surface area contributed by atoms with Crippen LogP contribution in [0.1, 0.15) is 28.4 Å². The standard InChI is InChI=1S/C24H25NO3/c1-3-19-10-7-9-18(2)23(19)25-24(26)20-11-8-14-22(17-20)28-16-15-27-21-12-5-4-6-13-21/h4-14,17H,3,15-16H2,1-2H3,(H,25,26). The Balaban J connectivity index is 1.59. The van der Waals surface area contributed by atoms with E-state index in [4.69, 9.17) is 9.47 Å². The van der Waals surface area contributed by atoms with Gasteiger partial charge < -0.3 is 14.8 Å². The number of aryl methyl sites for hydroxylation is 2. The predicted octanol–water partition coefficient (Wildman–Crippen LogP) is 5.27. The third-order valence-corrected chi connectivity index (χ3v) is 4.44. The van der Waals surface area contributed by atoms with E-state index in [1.165, 1.54) is 0 Å². The smallest absolute Gasteiger partial charge is 0.255 e. The lowest BCUT2D eigenvalue weighted by Crippen LogP contribution is -2.15. The van der Waals surface area contributed by atoms with E-state index in [9.17, 15) is 4.79 Å². The molecule has 0 aliphatic heterocycles. The molecule has 1 amide bonds. The summed E-state index contributed by atoms with van der Waals surface area (Å²) in [5, 5.41) is 3.04. The summed E-state index contributed by atoms with van der Waals surface area (Å²) in [6.45, 7) is 4.92. The Bertz CT molecular complexity index is 922. The van der Waals surface area contributed by atoms with Crippen molar-refractivity contribution in [3.8, 4) is 11.5 Å². The zero-order chi connectivity index (χ0) is 19.8. The van der Waals surface area contributed by atoms with E-state index in [0.29, 0.717) is 24.5 Å². The highest BCUT2D eigenvalue weighted by atomic mass is 16.5. The summed E-state index contributed by atoms with van der Waals surface area (Å²) in [6, 6.07) is 22.8. The van der Waals surface area contributed by atoms with Crippen LogP contribution in [0.15, 0.2) is 72.8 Å². The Kier molecular flexibility index (Phi) is 6.68. The van der Waals surface area contributed by atoms with Crippen molar-refractivity contribution in [1.82, 2.24) is 0 Å². The van der Waals surface area contributed by atoms with Gasteiger partial charge in [0.2, 0.25) is 0 Å². The number of hydrogen-bond donors (Lipinski definition) is 1. The molecule has 0 bridgehead atoms. The van der Waals surface area contributed by atoms with Gasteiger partial charge in [-0.25, -0.2) is 0 Å². The molecule has 3 rings (SSSR count). The van der Waals surface area contributed by atoms with E-state index in [0.717, 1.165) is 29.0 Å². The number of benzene rings is 3. The molecule has 0 fully saturated rings. The maximum atomic E-state index is 12.7. The highest BCUT2D eigenvalue weighted by molar-refractivity contribution is 6.05. The average Bonchev–Trinajstić information content (AvgIpc) is 2.73. The Morgan fingerprint density at radius 3 is 2.29 bits per heavy atom. The number of hydrogen-bond acceptors (Lipinski definition) is 3. The first-order chi connectivity index (χ1) is 13.7. The second-order valence-electron chi connectivity index (χ2n) is 6.45. The van der Waals surface area contributed by atoms with Crippen molar-refractivity contribution >= 4 is 11.6 Å². The Morgan fingerprint density at radius 1 is 0.857 bits per heavy atom. The second kappa shape index (κ2) is 9.60. The average molecular weight is 375 g/mol. The molecule has 0 saturated heterocycles. The molecule has 0 aromatic heterocycles. The molecule has 0 spiro atoms. The van der Waals surface area contributed by atoms with Gasteiger partial charge in [0, 0.05) is 11.3 Å². The summed E-state index contributed by atoms with van der Waals surface area (Å²) >= 11 is 0. The summed E-state index contributed by atoms with van der Waals surface area (Å²) in [4.78, 5) is 12.7. The highest BCUT2D eigenvalue weighted by Gasteiger charge is 2.11. The molecule has 0 aliphatic rings. The Labute approximate surface area is 166 Å². The molecular weight excluding hydrogens is 350 g/mol. The summed E-state index contributed by atoms with van der Waals surface area (Å²) in [5.74, 6) is 1.31. The minimum Gasteiger partial charge on any atom is -0.490 e. The van der Waals surface area contributed by atoms with Crippen molar-refractivity contribution in [2.45, 2.75) is 20.3 Å². The lowest BCUT2D eigenvalue weighted by atomic mass is 10.1. The van der Waals surface area contributed by atoms with E-state index >= 15 is 0 Å². The molecule has 0 aliphatic carbocycles. The maximum Gasteiger partial charge on any atom is 0.255 e. The number of anilines is 1. The van der Waals surface area contributed by atoms with Crippen LogP contribution >= 0.6 is 0 Å². The van der Waals surface area contributed by atoms with Crippen LogP contribution in [0, 0.1) is 6.92 Å². The first kappa shape index (κ1) is 19.5. The molecule has 0 saturated carbocycles. The second-order valence-corrected chi connectivity index (χ2v) is 6.45. The summed E-state index contributed by atoms with van der Waals surface area (Å²) in [6.07, 6.45) is 0.863. The molecular formula is C24H25NO3. The quantitative estimate of drug-likeness (QED) is 0.546. The van der Waals surface area contributed by atoms with Gasteiger partial charge in [-0.1, -0.05) is 49.4 Å². The molecule has 0 radical (unpaired) electrons. The van der Waals surface area contributed by atoms with Crippen molar-refractivity contribution in [1.29, 1.82) is 0 Å². The molecule has 3 aromatic rings. The largest absolute Gasteiger partial charge is 0.490 e. The highest BCUT2D eigenvalue weighted by Crippen LogP contribution is 2.22. The number of carbonyl (C=O) groups is 1. The fourth-order valence-electron chi connectivity index (χ4n) is 2.95. The maximum absolute atomic E-state index is 12.7. The molecule has 4 nitrogen and oxygen atoms in total. The third-order valence-electron chi connectivity index (χ3n) is 4.44. The van der Waals surface area contributed by atoms with E-state index in [1.54, 1.807) is 12.1 Å². The van der Waals surface area contributed by atoms with Crippen LogP contribution in [0.2, 0.25) is 0 Å². The van der Waals surface area contributed by atoms with Gasteiger partial charge in [0.25, 0.3) is 5.91 Å². The van der Waals surface area contributed by atoms with Gasteiger partial charge in [-0.3, -0.25) is 4.79 Å². The van der Waals surface area contributed by atoms with Crippen molar-refractivity contribution in [2.24, 2.45) is 0 Å².